The highest BCUT2D eigenvalue weighted by molar-refractivity contribution is 7.91. The summed E-state index contributed by atoms with van der Waals surface area (Å²) in [4.78, 5) is 0. The van der Waals surface area contributed by atoms with Gasteiger partial charge in [0.2, 0.25) is 0 Å². The Hall–Kier alpha value is -1.07. The second kappa shape index (κ2) is 5.92. The number of rotatable bonds is 5. The van der Waals surface area contributed by atoms with Crippen LogP contribution < -0.4 is 10.1 Å². The van der Waals surface area contributed by atoms with Crippen molar-refractivity contribution < 1.29 is 13.2 Å². The quantitative estimate of drug-likeness (QED) is 0.887. The van der Waals surface area contributed by atoms with Gasteiger partial charge in [-0.3, -0.25) is 0 Å². The lowest BCUT2D eigenvalue weighted by atomic mass is 10.1. The minimum atomic E-state index is -2.81. The summed E-state index contributed by atoms with van der Waals surface area (Å²) in [5, 5.41) is 3.40. The molecule has 1 aromatic rings. The molecule has 1 aromatic carbocycles. The Bertz CT molecular complexity index is 527. The molecule has 1 saturated heterocycles. The molecule has 0 saturated carbocycles. The molecule has 2 rings (SSSR count). The van der Waals surface area contributed by atoms with E-state index in [0.29, 0.717) is 5.75 Å². The molecule has 0 bridgehead atoms. The summed E-state index contributed by atoms with van der Waals surface area (Å²) in [5.74, 6) is 1.46. The lowest BCUT2D eigenvalue weighted by molar-refractivity contribution is 0.403. The largest absolute Gasteiger partial charge is 0.496 e. The van der Waals surface area contributed by atoms with E-state index in [4.69, 9.17) is 4.74 Å². The number of benzene rings is 1. The average molecular weight is 283 g/mol. The highest BCUT2D eigenvalue weighted by atomic mass is 32.2. The predicted molar refractivity (Wildman–Crippen MR) is 76.4 cm³/mol. The third kappa shape index (κ3) is 3.94. The summed E-state index contributed by atoms with van der Waals surface area (Å²) in [6.45, 7) is 2.08. The SMILES string of the molecule is COc1ccccc1C[C@@H](C)N[C@@H]1CCS(=O)(=O)C1. The summed E-state index contributed by atoms with van der Waals surface area (Å²) in [6, 6.07) is 8.25. The van der Waals surface area contributed by atoms with E-state index in [1.165, 1.54) is 0 Å². The maximum atomic E-state index is 11.4. The molecule has 19 heavy (non-hydrogen) atoms. The van der Waals surface area contributed by atoms with Crippen LogP contribution in [0.15, 0.2) is 24.3 Å². The average Bonchev–Trinajstić information content (AvgIpc) is 2.69. The summed E-state index contributed by atoms with van der Waals surface area (Å²) < 4.78 is 28.2. The van der Waals surface area contributed by atoms with Crippen LogP contribution in [-0.2, 0) is 16.3 Å². The highest BCUT2D eigenvalue weighted by Crippen LogP contribution is 2.19. The fraction of sp³-hybridized carbons (Fsp3) is 0.571. The normalized spacial score (nSPS) is 23.2. The van der Waals surface area contributed by atoms with Gasteiger partial charge in [-0.2, -0.15) is 0 Å². The second-order valence-electron chi connectivity index (χ2n) is 5.18. The lowest BCUT2D eigenvalue weighted by Crippen LogP contribution is -2.38. The van der Waals surface area contributed by atoms with Gasteiger partial charge in [-0.25, -0.2) is 8.42 Å². The van der Waals surface area contributed by atoms with E-state index < -0.39 is 9.84 Å². The monoisotopic (exact) mass is 283 g/mol. The minimum Gasteiger partial charge on any atom is -0.496 e. The smallest absolute Gasteiger partial charge is 0.151 e. The number of hydrogen-bond donors (Lipinski definition) is 1. The van der Waals surface area contributed by atoms with E-state index in [9.17, 15) is 8.42 Å². The van der Waals surface area contributed by atoms with Gasteiger partial charge in [-0.15, -0.1) is 0 Å². The zero-order valence-corrected chi connectivity index (χ0v) is 12.2. The fourth-order valence-corrected chi connectivity index (χ4v) is 4.28. The van der Waals surface area contributed by atoms with Crippen molar-refractivity contribution in [2.45, 2.75) is 31.8 Å². The second-order valence-corrected chi connectivity index (χ2v) is 7.41. The Morgan fingerprint density at radius 2 is 2.16 bits per heavy atom. The van der Waals surface area contributed by atoms with Gasteiger partial charge in [0, 0.05) is 12.1 Å². The molecule has 5 heteroatoms. The van der Waals surface area contributed by atoms with Crippen molar-refractivity contribution in [3.8, 4) is 5.75 Å². The maximum Gasteiger partial charge on any atom is 0.151 e. The predicted octanol–water partition coefficient (Wildman–Crippen LogP) is 1.40. The number of sulfone groups is 1. The molecule has 1 heterocycles. The minimum absolute atomic E-state index is 0.0923. The van der Waals surface area contributed by atoms with E-state index in [-0.39, 0.29) is 17.8 Å². The van der Waals surface area contributed by atoms with Gasteiger partial charge >= 0.3 is 0 Å². The number of para-hydroxylation sites is 1. The van der Waals surface area contributed by atoms with Crippen LogP contribution in [0.4, 0.5) is 0 Å². The molecule has 106 valence electrons. The van der Waals surface area contributed by atoms with Crippen molar-refractivity contribution in [1.82, 2.24) is 5.32 Å². The molecule has 0 aliphatic carbocycles. The van der Waals surface area contributed by atoms with Gasteiger partial charge in [-0.05, 0) is 31.4 Å². The molecule has 2 atom stereocenters. The van der Waals surface area contributed by atoms with E-state index in [0.717, 1.165) is 24.2 Å². The van der Waals surface area contributed by atoms with E-state index in [1.807, 2.05) is 24.3 Å². The Morgan fingerprint density at radius 3 is 2.79 bits per heavy atom. The van der Waals surface area contributed by atoms with Crippen LogP contribution in [0.1, 0.15) is 18.9 Å². The van der Waals surface area contributed by atoms with Crippen LogP contribution in [0.5, 0.6) is 5.75 Å². The van der Waals surface area contributed by atoms with Gasteiger partial charge < -0.3 is 10.1 Å². The van der Waals surface area contributed by atoms with Crippen LogP contribution >= 0.6 is 0 Å². The van der Waals surface area contributed by atoms with Crippen molar-refractivity contribution >= 4 is 9.84 Å². The van der Waals surface area contributed by atoms with Crippen molar-refractivity contribution in [2.24, 2.45) is 0 Å². The van der Waals surface area contributed by atoms with Gasteiger partial charge in [0.05, 0.1) is 18.6 Å². The number of ether oxygens (including phenoxy) is 1. The van der Waals surface area contributed by atoms with E-state index in [2.05, 4.69) is 12.2 Å². The molecule has 0 spiro atoms. The molecular weight excluding hydrogens is 262 g/mol. The molecule has 1 aliphatic heterocycles. The van der Waals surface area contributed by atoms with Crippen molar-refractivity contribution in [3.63, 3.8) is 0 Å². The fourth-order valence-electron chi connectivity index (χ4n) is 2.59. The zero-order chi connectivity index (χ0) is 13.9. The van der Waals surface area contributed by atoms with Crippen molar-refractivity contribution in [3.05, 3.63) is 29.8 Å². The number of methoxy groups -OCH3 is 1. The van der Waals surface area contributed by atoms with Crippen LogP contribution in [0, 0.1) is 0 Å². The summed E-state index contributed by atoms with van der Waals surface area (Å²) in [7, 11) is -1.15. The Balaban J connectivity index is 1.93. The zero-order valence-electron chi connectivity index (χ0n) is 11.4. The summed E-state index contributed by atoms with van der Waals surface area (Å²) in [6.07, 6.45) is 1.55. The number of nitrogens with one attached hydrogen (secondary N) is 1. The molecule has 1 aliphatic rings. The Morgan fingerprint density at radius 1 is 1.42 bits per heavy atom. The standard InChI is InChI=1S/C14H21NO3S/c1-11(15-13-7-8-19(16,17)10-13)9-12-5-3-4-6-14(12)18-2/h3-6,11,13,15H,7-10H2,1-2H3/t11-,13-/m1/s1. The molecule has 0 unspecified atom stereocenters. The first-order valence-electron chi connectivity index (χ1n) is 6.58. The Labute approximate surface area is 115 Å². The molecule has 0 radical (unpaired) electrons. The third-order valence-electron chi connectivity index (χ3n) is 3.47. The van der Waals surface area contributed by atoms with Gasteiger partial charge in [0.25, 0.3) is 0 Å². The van der Waals surface area contributed by atoms with Crippen molar-refractivity contribution in [1.29, 1.82) is 0 Å². The summed E-state index contributed by atoms with van der Waals surface area (Å²) >= 11 is 0. The van der Waals surface area contributed by atoms with Crippen molar-refractivity contribution in [2.75, 3.05) is 18.6 Å². The molecule has 0 aromatic heterocycles. The van der Waals surface area contributed by atoms with E-state index in [1.54, 1.807) is 7.11 Å². The highest BCUT2D eigenvalue weighted by Gasteiger charge is 2.28. The third-order valence-corrected chi connectivity index (χ3v) is 5.24. The van der Waals surface area contributed by atoms with Gasteiger partial charge in [0.1, 0.15) is 5.75 Å². The topological polar surface area (TPSA) is 55.4 Å². The first-order chi connectivity index (χ1) is 9.00. The molecule has 0 amide bonds. The molecular formula is C14H21NO3S. The van der Waals surface area contributed by atoms with Gasteiger partial charge in [-0.1, -0.05) is 18.2 Å². The summed E-state index contributed by atoms with van der Waals surface area (Å²) in [5.41, 5.74) is 1.14. The van der Waals surface area contributed by atoms with Crippen LogP contribution in [0.25, 0.3) is 0 Å². The first kappa shape index (κ1) is 14.3. The number of hydrogen-bond acceptors (Lipinski definition) is 4. The van der Waals surface area contributed by atoms with Gasteiger partial charge in [0.15, 0.2) is 9.84 Å². The molecule has 1 fully saturated rings. The lowest BCUT2D eigenvalue weighted by Gasteiger charge is -2.19. The Kier molecular flexibility index (Phi) is 4.47. The van der Waals surface area contributed by atoms with Crippen LogP contribution in [0.2, 0.25) is 0 Å². The molecule has 4 nitrogen and oxygen atoms in total. The molecule has 1 N–H and O–H groups in total. The van der Waals surface area contributed by atoms with Crippen LogP contribution in [0.3, 0.4) is 0 Å². The van der Waals surface area contributed by atoms with E-state index >= 15 is 0 Å². The first-order valence-corrected chi connectivity index (χ1v) is 8.40. The van der Waals surface area contributed by atoms with Crippen LogP contribution in [-0.4, -0.2) is 39.1 Å². The maximum absolute atomic E-state index is 11.4.